The van der Waals surface area contributed by atoms with E-state index in [0.717, 1.165) is 69.8 Å². The summed E-state index contributed by atoms with van der Waals surface area (Å²) in [7, 11) is 3.54. The van der Waals surface area contributed by atoms with Crippen LogP contribution in [0.4, 0.5) is 5.69 Å². The Bertz CT molecular complexity index is 2680. The van der Waals surface area contributed by atoms with E-state index in [1.807, 2.05) is 93.0 Å². The van der Waals surface area contributed by atoms with Crippen molar-refractivity contribution in [1.29, 1.82) is 0 Å². The fraction of sp³-hybridized carbons (Fsp3) is 0.528. The zero-order valence-electron chi connectivity index (χ0n) is 41.9. The highest BCUT2D eigenvalue weighted by Gasteiger charge is 2.44. The molecule has 0 bridgehead atoms. The van der Waals surface area contributed by atoms with Crippen LogP contribution in [0.5, 0.6) is 0 Å². The molecule has 5 aromatic rings. The number of piperazine rings is 1. The number of likely N-dealkylation sites (tertiary alicyclic amines) is 1. The Hall–Kier alpha value is -6.11. The van der Waals surface area contributed by atoms with E-state index in [0.29, 0.717) is 44.1 Å². The van der Waals surface area contributed by atoms with Gasteiger partial charge in [0.25, 0.3) is 5.91 Å². The number of ketones is 1. The van der Waals surface area contributed by atoms with Crippen LogP contribution in [0.15, 0.2) is 60.4 Å². The smallest absolute Gasteiger partial charge is 0.270 e. The summed E-state index contributed by atoms with van der Waals surface area (Å²) < 4.78 is 7.89. The second-order valence-corrected chi connectivity index (χ2v) is 21.4. The molecule has 71 heavy (non-hydrogen) atoms. The Labute approximate surface area is 420 Å². The molecule has 0 unspecified atom stereocenters. The van der Waals surface area contributed by atoms with Crippen LogP contribution in [0.3, 0.4) is 0 Å². The second kappa shape index (κ2) is 22.5. The van der Waals surface area contributed by atoms with E-state index in [1.165, 1.54) is 4.90 Å². The Morgan fingerprint density at radius 2 is 1.66 bits per heavy atom. The first-order chi connectivity index (χ1) is 34.0. The van der Waals surface area contributed by atoms with Gasteiger partial charge in [0, 0.05) is 102 Å². The van der Waals surface area contributed by atoms with Crippen LogP contribution in [0.2, 0.25) is 0 Å². The van der Waals surface area contributed by atoms with E-state index < -0.39 is 23.5 Å². The third-order valence-corrected chi connectivity index (χ3v) is 15.1. The standard InChI is InChI=1S/C53H68N10O7S/c1-34-48(71-33-57-34)36-13-11-35(12-14-36)29-56-50(67)44-28-42(65)32-62(44)51(68)43(53(2,3)4)27-41(64)17-23-70-24-18-47(66)61-21-19-60(20-22-61)40-16-15-38(54-31-40)26-46-55-30-37-25-45(52(69)59(5)6)63(49(37)58-46)39-9-7-8-10-39/h11-16,25,30-31,33,39,42-44,65H,7-10,17-24,26-29,32H2,1-6H3,(H,56,67)/t42-,43-,44+/m1/s1. The van der Waals surface area contributed by atoms with Gasteiger partial charge in [0.15, 0.2) is 0 Å². The van der Waals surface area contributed by atoms with Gasteiger partial charge in [-0.2, -0.15) is 0 Å². The van der Waals surface area contributed by atoms with Crippen molar-refractivity contribution >= 4 is 57.5 Å². The molecule has 1 aromatic carbocycles. The summed E-state index contributed by atoms with van der Waals surface area (Å²) in [6.07, 6.45) is 7.98. The molecule has 378 valence electrons. The summed E-state index contributed by atoms with van der Waals surface area (Å²) in [5, 5.41) is 14.4. The number of thiazole rings is 1. The number of hydrogen-bond acceptors (Lipinski definition) is 13. The van der Waals surface area contributed by atoms with Crippen molar-refractivity contribution in [2.75, 3.05) is 64.9 Å². The monoisotopic (exact) mass is 988 g/mol. The average molecular weight is 989 g/mol. The number of ether oxygens (including phenoxy) is 1. The van der Waals surface area contributed by atoms with Crippen molar-refractivity contribution in [3.8, 4) is 10.4 Å². The molecule has 0 spiro atoms. The lowest BCUT2D eigenvalue weighted by Gasteiger charge is -2.36. The molecule has 2 aliphatic heterocycles. The van der Waals surface area contributed by atoms with E-state index in [2.05, 4.69) is 24.8 Å². The van der Waals surface area contributed by atoms with Crippen LogP contribution in [0.1, 0.15) is 111 Å². The Morgan fingerprint density at radius 3 is 2.32 bits per heavy atom. The minimum Gasteiger partial charge on any atom is -0.391 e. The maximum atomic E-state index is 14.1. The van der Waals surface area contributed by atoms with E-state index in [1.54, 1.807) is 30.3 Å². The Balaban J connectivity index is 0.752. The van der Waals surface area contributed by atoms with Crippen LogP contribution < -0.4 is 10.2 Å². The number of benzene rings is 1. The minimum absolute atomic E-state index is 0.0108. The van der Waals surface area contributed by atoms with Crippen molar-refractivity contribution in [2.24, 2.45) is 11.3 Å². The number of rotatable bonds is 18. The van der Waals surface area contributed by atoms with E-state index in [9.17, 15) is 29.1 Å². The molecule has 0 radical (unpaired) electrons. The summed E-state index contributed by atoms with van der Waals surface area (Å²) >= 11 is 1.58. The molecule has 1 aliphatic carbocycles. The molecule has 4 amide bonds. The third kappa shape index (κ3) is 12.3. The van der Waals surface area contributed by atoms with Crippen molar-refractivity contribution in [3.63, 3.8) is 0 Å². The number of carbonyl (C=O) groups is 5. The number of nitrogens with one attached hydrogen (secondary N) is 1. The summed E-state index contributed by atoms with van der Waals surface area (Å²) in [4.78, 5) is 94.0. The van der Waals surface area contributed by atoms with Crippen molar-refractivity contribution in [3.05, 3.63) is 88.8 Å². The first-order valence-electron chi connectivity index (χ1n) is 24.9. The van der Waals surface area contributed by atoms with Gasteiger partial charge in [-0.1, -0.05) is 57.9 Å². The highest BCUT2D eigenvalue weighted by atomic mass is 32.1. The molecule has 18 heteroatoms. The van der Waals surface area contributed by atoms with E-state index in [-0.39, 0.29) is 87.4 Å². The third-order valence-electron chi connectivity index (χ3n) is 14.1. The number of β-amino-alcohol motifs (C(OH)–C–C–N with tert-alkyl or cyclic N) is 1. The average Bonchev–Trinajstić information content (AvgIpc) is 4.19. The number of aliphatic hydroxyl groups is 1. The predicted molar refractivity (Wildman–Crippen MR) is 272 cm³/mol. The van der Waals surface area contributed by atoms with Gasteiger partial charge >= 0.3 is 0 Å². The SMILES string of the molecule is Cc1ncsc1-c1ccc(CNC(=O)[C@@H]2C[C@@H](O)CN2C(=O)[C@@H](CC(=O)CCOCCC(=O)N2CCN(c3ccc(Cc4ncc5cc(C(=O)N(C)C)n(C6CCCC6)c5n4)nc3)CC2)C(C)(C)C)cc1. The fourth-order valence-corrected chi connectivity index (χ4v) is 10.8. The molecule has 17 nitrogen and oxygen atoms in total. The number of carbonyl (C=O) groups excluding carboxylic acids is 5. The van der Waals surface area contributed by atoms with Gasteiger partial charge in [0.05, 0.1) is 60.1 Å². The lowest BCUT2D eigenvalue weighted by Crippen LogP contribution is -2.50. The molecule has 1 saturated carbocycles. The van der Waals surface area contributed by atoms with Gasteiger partial charge in [0.2, 0.25) is 17.7 Å². The van der Waals surface area contributed by atoms with Crippen LogP contribution in [-0.2, 0) is 36.9 Å². The molecular formula is C53H68N10O7S. The highest BCUT2D eigenvalue weighted by Crippen LogP contribution is 2.36. The lowest BCUT2D eigenvalue weighted by atomic mass is 9.76. The summed E-state index contributed by atoms with van der Waals surface area (Å²) in [6, 6.07) is 13.2. The van der Waals surface area contributed by atoms with Crippen molar-refractivity contribution in [2.45, 2.75) is 110 Å². The molecule has 3 atom stereocenters. The predicted octanol–water partition coefficient (Wildman–Crippen LogP) is 6.01. The number of aryl methyl sites for hydroxylation is 1. The number of fused-ring (bicyclic) bond motifs is 1. The maximum absolute atomic E-state index is 14.1. The first kappa shape index (κ1) is 51.3. The Morgan fingerprint density at radius 1 is 0.930 bits per heavy atom. The number of aliphatic hydroxyl groups excluding tert-OH is 1. The van der Waals surface area contributed by atoms with E-state index in [4.69, 9.17) is 14.7 Å². The molecule has 8 rings (SSSR count). The van der Waals surface area contributed by atoms with E-state index >= 15 is 0 Å². The topological polar surface area (TPSA) is 196 Å². The fourth-order valence-electron chi connectivity index (χ4n) is 10.0. The number of pyridine rings is 1. The summed E-state index contributed by atoms with van der Waals surface area (Å²) in [5.74, 6) is -0.922. The molecular weight excluding hydrogens is 921 g/mol. The van der Waals surface area contributed by atoms with Crippen LogP contribution in [0, 0.1) is 18.3 Å². The van der Waals surface area contributed by atoms with Gasteiger partial charge in [-0.3, -0.25) is 29.0 Å². The number of amides is 4. The molecule has 4 aromatic heterocycles. The second-order valence-electron chi connectivity index (χ2n) is 20.5. The quantitative estimate of drug-likeness (QED) is 0.0973. The Kier molecular flexibility index (Phi) is 16.3. The van der Waals surface area contributed by atoms with Gasteiger partial charge < -0.3 is 39.3 Å². The minimum atomic E-state index is -0.850. The molecule has 2 saturated heterocycles. The van der Waals surface area contributed by atoms with Crippen LogP contribution in [-0.4, -0.2) is 146 Å². The number of nitrogens with zero attached hydrogens (tertiary/aromatic N) is 9. The van der Waals surface area contributed by atoms with Crippen molar-refractivity contribution < 1.29 is 33.8 Å². The van der Waals surface area contributed by atoms with Gasteiger partial charge in [-0.15, -0.1) is 11.3 Å². The first-order valence-corrected chi connectivity index (χ1v) is 25.8. The van der Waals surface area contributed by atoms with Gasteiger partial charge in [-0.05, 0) is 54.5 Å². The maximum Gasteiger partial charge on any atom is 0.270 e. The number of aromatic nitrogens is 5. The number of hydrogen-bond donors (Lipinski definition) is 2. The summed E-state index contributed by atoms with van der Waals surface area (Å²) in [6.45, 7) is 10.7. The largest absolute Gasteiger partial charge is 0.391 e. The number of anilines is 1. The van der Waals surface area contributed by atoms with Crippen LogP contribution in [0.25, 0.3) is 21.5 Å². The van der Waals surface area contributed by atoms with Gasteiger partial charge in [0.1, 0.15) is 29.0 Å². The molecule has 3 aliphatic rings. The highest BCUT2D eigenvalue weighted by molar-refractivity contribution is 7.13. The van der Waals surface area contributed by atoms with Crippen LogP contribution >= 0.6 is 11.3 Å². The number of Topliss-reactive ketones (excluding diaryl/α,β-unsaturated/α-hetero) is 1. The molecule has 3 fully saturated rings. The zero-order chi connectivity index (χ0) is 50.4. The molecule has 2 N–H and O–H groups in total. The van der Waals surface area contributed by atoms with Gasteiger partial charge in [-0.25, -0.2) is 15.0 Å². The summed E-state index contributed by atoms with van der Waals surface area (Å²) in [5.41, 5.74) is 7.41. The lowest BCUT2D eigenvalue weighted by molar-refractivity contribution is -0.146. The normalized spacial score (nSPS) is 18.0. The molecule has 6 heterocycles. The zero-order valence-corrected chi connectivity index (χ0v) is 42.8. The van der Waals surface area contributed by atoms with Crippen molar-refractivity contribution in [1.82, 2.24) is 44.5 Å².